The Kier molecular flexibility index (Phi) is 5.14. The summed E-state index contributed by atoms with van der Waals surface area (Å²) in [4.78, 5) is 30.5. The molecule has 30 heavy (non-hydrogen) atoms. The maximum absolute atomic E-state index is 13.2. The van der Waals surface area contributed by atoms with Crippen molar-refractivity contribution in [1.29, 1.82) is 0 Å². The molecule has 0 saturated heterocycles. The predicted octanol–water partition coefficient (Wildman–Crippen LogP) is 4.59. The van der Waals surface area contributed by atoms with E-state index in [1.807, 2.05) is 38.1 Å². The summed E-state index contributed by atoms with van der Waals surface area (Å²) in [5.41, 5.74) is 3.70. The summed E-state index contributed by atoms with van der Waals surface area (Å²) in [5, 5.41) is 0.829. The fraction of sp³-hybridized carbons (Fsp3) is 0.167. The van der Waals surface area contributed by atoms with Crippen LogP contribution in [0.25, 0.3) is 10.9 Å². The Morgan fingerprint density at radius 2 is 1.93 bits per heavy atom. The summed E-state index contributed by atoms with van der Waals surface area (Å²) in [7, 11) is 1.60. The number of rotatable bonds is 5. The molecule has 0 aliphatic rings. The number of aryl methyl sites for hydroxylation is 1. The molecule has 0 radical (unpaired) electrons. The van der Waals surface area contributed by atoms with Crippen LogP contribution in [0, 0.1) is 13.8 Å². The van der Waals surface area contributed by atoms with E-state index in [0.29, 0.717) is 16.8 Å². The zero-order valence-electron chi connectivity index (χ0n) is 17.1. The highest BCUT2D eigenvalue weighted by Gasteiger charge is 2.23. The number of benzene rings is 2. The molecular weight excluding hydrogens is 380 g/mol. The molecular formula is C24H22N2O4. The minimum absolute atomic E-state index is 0.103. The van der Waals surface area contributed by atoms with E-state index in [9.17, 15) is 9.59 Å². The van der Waals surface area contributed by atoms with Gasteiger partial charge in [-0.1, -0.05) is 12.1 Å². The number of H-pyrrole nitrogens is 1. The van der Waals surface area contributed by atoms with Crippen LogP contribution in [0.3, 0.4) is 0 Å². The fourth-order valence-corrected chi connectivity index (χ4v) is 3.47. The Balaban J connectivity index is 1.82. The first-order valence-corrected chi connectivity index (χ1v) is 9.59. The number of methoxy groups -OCH3 is 1. The van der Waals surface area contributed by atoms with E-state index in [4.69, 9.17) is 9.15 Å². The van der Waals surface area contributed by atoms with Gasteiger partial charge in [0.1, 0.15) is 5.75 Å². The maximum Gasteiger partial charge on any atom is 0.294 e. The van der Waals surface area contributed by atoms with Crippen LogP contribution in [0.15, 0.2) is 70.1 Å². The van der Waals surface area contributed by atoms with Gasteiger partial charge in [-0.3, -0.25) is 9.59 Å². The number of hydrogen-bond acceptors (Lipinski definition) is 4. The van der Waals surface area contributed by atoms with Gasteiger partial charge in [-0.05, 0) is 67.4 Å². The van der Waals surface area contributed by atoms with E-state index < -0.39 is 0 Å². The lowest BCUT2D eigenvalue weighted by Gasteiger charge is -2.24. The third kappa shape index (κ3) is 3.59. The molecule has 0 spiro atoms. The topological polar surface area (TPSA) is 75.5 Å². The molecule has 1 amide bonds. The minimum atomic E-state index is -0.307. The molecule has 6 heteroatoms. The second-order valence-corrected chi connectivity index (χ2v) is 7.16. The molecule has 0 unspecified atom stereocenters. The number of aromatic amines is 1. The van der Waals surface area contributed by atoms with Crippen molar-refractivity contribution < 1.29 is 13.9 Å². The molecule has 0 saturated carbocycles. The number of amides is 1. The van der Waals surface area contributed by atoms with Crippen LogP contribution < -0.4 is 15.2 Å². The number of aromatic nitrogens is 1. The van der Waals surface area contributed by atoms with Crippen molar-refractivity contribution in [3.63, 3.8) is 0 Å². The normalized spacial score (nSPS) is 10.9. The first-order valence-electron chi connectivity index (χ1n) is 9.59. The highest BCUT2D eigenvalue weighted by Crippen LogP contribution is 2.27. The van der Waals surface area contributed by atoms with Gasteiger partial charge in [-0.2, -0.15) is 0 Å². The Morgan fingerprint density at radius 3 is 2.67 bits per heavy atom. The zero-order chi connectivity index (χ0) is 21.3. The Morgan fingerprint density at radius 1 is 1.10 bits per heavy atom. The number of fused-ring (bicyclic) bond motifs is 1. The smallest absolute Gasteiger partial charge is 0.294 e. The van der Waals surface area contributed by atoms with Crippen LogP contribution in [0.2, 0.25) is 0 Å². The van der Waals surface area contributed by atoms with Gasteiger partial charge in [-0.15, -0.1) is 0 Å². The van der Waals surface area contributed by atoms with Crippen molar-refractivity contribution >= 4 is 22.5 Å². The number of nitrogens with zero attached hydrogens (tertiary/aromatic N) is 1. The molecule has 0 aliphatic carbocycles. The zero-order valence-corrected chi connectivity index (χ0v) is 17.1. The standard InChI is InChI=1S/C24H22N2O4/c1-15-6-4-7-21(16(15)2)26(24(28)22-8-5-11-30-22)14-18-12-17-13-19(29-3)9-10-20(17)25-23(18)27/h4-13H,14H2,1-3H3,(H,25,27). The monoisotopic (exact) mass is 402 g/mol. The number of nitrogens with one attached hydrogen (secondary N) is 1. The summed E-state index contributed by atoms with van der Waals surface area (Å²) in [5.74, 6) is 0.604. The average molecular weight is 402 g/mol. The van der Waals surface area contributed by atoms with Gasteiger partial charge in [-0.25, -0.2) is 0 Å². The number of carbonyl (C=O) groups is 1. The van der Waals surface area contributed by atoms with Gasteiger partial charge in [0.15, 0.2) is 5.76 Å². The molecule has 6 nitrogen and oxygen atoms in total. The molecule has 2 aromatic heterocycles. The Labute approximate surface area is 173 Å². The van der Waals surface area contributed by atoms with E-state index in [0.717, 1.165) is 22.2 Å². The third-order valence-electron chi connectivity index (χ3n) is 5.30. The van der Waals surface area contributed by atoms with Crippen LogP contribution in [0.4, 0.5) is 5.69 Å². The highest BCUT2D eigenvalue weighted by atomic mass is 16.5. The van der Waals surface area contributed by atoms with E-state index in [1.165, 1.54) is 6.26 Å². The van der Waals surface area contributed by atoms with E-state index in [-0.39, 0.29) is 23.8 Å². The molecule has 1 N–H and O–H groups in total. The number of hydrogen-bond donors (Lipinski definition) is 1. The van der Waals surface area contributed by atoms with Crippen LogP contribution in [0.1, 0.15) is 27.2 Å². The summed E-state index contributed by atoms with van der Waals surface area (Å²) < 4.78 is 10.6. The van der Waals surface area contributed by atoms with E-state index >= 15 is 0 Å². The van der Waals surface area contributed by atoms with E-state index in [1.54, 1.807) is 42.3 Å². The molecule has 4 aromatic rings. The molecule has 0 aliphatic heterocycles. The third-order valence-corrected chi connectivity index (χ3v) is 5.30. The van der Waals surface area contributed by atoms with Crippen molar-refractivity contribution in [2.75, 3.05) is 12.0 Å². The average Bonchev–Trinajstić information content (AvgIpc) is 3.28. The number of furan rings is 1. The SMILES string of the molecule is COc1ccc2[nH]c(=O)c(CN(C(=O)c3ccco3)c3cccc(C)c3C)cc2c1. The van der Waals surface area contributed by atoms with Gasteiger partial charge in [0.25, 0.3) is 11.5 Å². The first-order chi connectivity index (χ1) is 14.5. The van der Waals surface area contributed by atoms with Crippen molar-refractivity contribution in [3.8, 4) is 5.75 Å². The fourth-order valence-electron chi connectivity index (χ4n) is 3.47. The molecule has 2 aromatic carbocycles. The van der Waals surface area contributed by atoms with Crippen LogP contribution in [-0.4, -0.2) is 18.0 Å². The predicted molar refractivity (Wildman–Crippen MR) is 116 cm³/mol. The van der Waals surface area contributed by atoms with Gasteiger partial charge in [0.05, 0.1) is 19.9 Å². The largest absolute Gasteiger partial charge is 0.497 e. The molecule has 0 bridgehead atoms. The van der Waals surface area contributed by atoms with Crippen molar-refractivity contribution in [2.24, 2.45) is 0 Å². The highest BCUT2D eigenvalue weighted by molar-refractivity contribution is 6.04. The first kappa shape index (κ1) is 19.5. The summed E-state index contributed by atoms with van der Waals surface area (Å²) in [6.07, 6.45) is 1.46. The molecule has 2 heterocycles. The Hall–Kier alpha value is -3.80. The second-order valence-electron chi connectivity index (χ2n) is 7.16. The number of anilines is 1. The quantitative estimate of drug-likeness (QED) is 0.530. The molecule has 152 valence electrons. The van der Waals surface area contributed by atoms with Gasteiger partial charge in [0, 0.05) is 22.2 Å². The number of carbonyl (C=O) groups excluding carboxylic acids is 1. The van der Waals surface area contributed by atoms with Crippen LogP contribution in [0.5, 0.6) is 5.75 Å². The van der Waals surface area contributed by atoms with Crippen LogP contribution >= 0.6 is 0 Å². The van der Waals surface area contributed by atoms with Crippen molar-refractivity contribution in [1.82, 2.24) is 4.98 Å². The summed E-state index contributed by atoms with van der Waals surface area (Å²) in [6.45, 7) is 4.05. The summed E-state index contributed by atoms with van der Waals surface area (Å²) >= 11 is 0. The lowest BCUT2D eigenvalue weighted by atomic mass is 10.1. The van der Waals surface area contributed by atoms with Crippen molar-refractivity contribution in [2.45, 2.75) is 20.4 Å². The number of ether oxygens (including phenoxy) is 1. The lowest BCUT2D eigenvalue weighted by molar-refractivity contribution is 0.0958. The number of pyridine rings is 1. The second kappa shape index (κ2) is 7.91. The van der Waals surface area contributed by atoms with Gasteiger partial charge >= 0.3 is 0 Å². The minimum Gasteiger partial charge on any atom is -0.497 e. The molecule has 0 atom stereocenters. The van der Waals surface area contributed by atoms with Crippen molar-refractivity contribution in [3.05, 3.63) is 93.7 Å². The summed E-state index contributed by atoms with van der Waals surface area (Å²) in [6, 6.07) is 16.3. The molecule has 0 fully saturated rings. The van der Waals surface area contributed by atoms with Gasteiger partial charge in [0.2, 0.25) is 0 Å². The van der Waals surface area contributed by atoms with Crippen LogP contribution in [-0.2, 0) is 6.54 Å². The molecule has 4 rings (SSSR count). The van der Waals surface area contributed by atoms with Gasteiger partial charge < -0.3 is 19.0 Å². The Bertz CT molecular complexity index is 1270. The maximum atomic E-state index is 13.2. The lowest BCUT2D eigenvalue weighted by Crippen LogP contribution is -2.33. The van der Waals surface area contributed by atoms with E-state index in [2.05, 4.69) is 4.98 Å².